The maximum absolute atomic E-state index is 14.8. The van der Waals surface area contributed by atoms with Crippen LogP contribution in [0.15, 0.2) is 95.9 Å². The molecule has 4 aromatic rings. The molecule has 1 N–H and O–H groups in total. The number of ether oxygens (including phenoxy) is 2. The molecule has 0 aliphatic carbocycles. The first-order chi connectivity index (χ1) is 23.4. The molecule has 0 heterocycles. The van der Waals surface area contributed by atoms with Gasteiger partial charge in [0.25, 0.3) is 10.0 Å². The van der Waals surface area contributed by atoms with Gasteiger partial charge in [0.05, 0.1) is 24.8 Å². The van der Waals surface area contributed by atoms with E-state index >= 15 is 0 Å². The molecule has 0 saturated heterocycles. The van der Waals surface area contributed by atoms with Gasteiger partial charge in [0.15, 0.2) is 11.5 Å². The van der Waals surface area contributed by atoms with Crippen molar-refractivity contribution in [2.24, 2.45) is 0 Å². The van der Waals surface area contributed by atoms with E-state index in [9.17, 15) is 18.0 Å². The first kappa shape index (κ1) is 37.0. The third kappa shape index (κ3) is 9.20. The van der Waals surface area contributed by atoms with Gasteiger partial charge in [0.1, 0.15) is 12.6 Å². The first-order valence-corrected chi connectivity index (χ1v) is 17.8. The summed E-state index contributed by atoms with van der Waals surface area (Å²) < 4.78 is 41.0. The molecule has 4 aromatic carbocycles. The summed E-state index contributed by atoms with van der Waals surface area (Å²) in [6, 6.07) is 25.9. The molecule has 9 nitrogen and oxygen atoms in total. The fourth-order valence-corrected chi connectivity index (χ4v) is 7.11. The monoisotopic (exact) mass is 685 g/mol. The molecule has 0 unspecified atom stereocenters. The van der Waals surface area contributed by atoms with E-state index in [1.54, 1.807) is 12.1 Å². The largest absolute Gasteiger partial charge is 0.493 e. The number of benzene rings is 4. The number of carbonyl (C=O) groups is 2. The third-order valence-corrected chi connectivity index (χ3v) is 10.4. The van der Waals surface area contributed by atoms with E-state index in [1.807, 2.05) is 95.3 Å². The Morgan fingerprint density at radius 1 is 0.816 bits per heavy atom. The normalized spacial score (nSPS) is 12.5. The van der Waals surface area contributed by atoms with Crippen molar-refractivity contribution in [3.05, 3.63) is 119 Å². The quantitative estimate of drug-likeness (QED) is 0.156. The van der Waals surface area contributed by atoms with Gasteiger partial charge < -0.3 is 19.7 Å². The van der Waals surface area contributed by atoms with Crippen LogP contribution in [0.1, 0.15) is 48.1 Å². The second-order valence-electron chi connectivity index (χ2n) is 12.3. The Bertz CT molecular complexity index is 1840. The lowest BCUT2D eigenvalue weighted by Crippen LogP contribution is -2.54. The minimum absolute atomic E-state index is 0.0714. The highest BCUT2D eigenvalue weighted by Crippen LogP contribution is 2.33. The Labute approximate surface area is 290 Å². The molecule has 2 atom stereocenters. The summed E-state index contributed by atoms with van der Waals surface area (Å²) in [5.41, 5.74) is 4.68. The van der Waals surface area contributed by atoms with Crippen molar-refractivity contribution in [1.82, 2.24) is 10.2 Å². The van der Waals surface area contributed by atoms with Gasteiger partial charge in [-0.2, -0.15) is 0 Å². The highest BCUT2D eigenvalue weighted by molar-refractivity contribution is 7.92. The Morgan fingerprint density at radius 2 is 1.45 bits per heavy atom. The number of hydrogen-bond acceptors (Lipinski definition) is 6. The van der Waals surface area contributed by atoms with Crippen LogP contribution in [0.5, 0.6) is 11.5 Å². The predicted octanol–water partition coefficient (Wildman–Crippen LogP) is 6.38. The SMILES string of the molecule is CC[C@@H](C)NC(=O)[C@@H](Cc1ccccc1)N(Cc1ccccc1C)C(=O)CN(c1cc(C)cc(C)c1)S(=O)(=O)c1ccc(OC)c(OC)c1. The van der Waals surface area contributed by atoms with Crippen LogP contribution in [0.25, 0.3) is 0 Å². The molecule has 0 aliphatic heterocycles. The fourth-order valence-electron chi connectivity index (χ4n) is 5.69. The minimum atomic E-state index is -4.33. The third-order valence-electron chi connectivity index (χ3n) is 8.59. The van der Waals surface area contributed by atoms with Crippen LogP contribution in [0.2, 0.25) is 0 Å². The highest BCUT2D eigenvalue weighted by atomic mass is 32.2. The van der Waals surface area contributed by atoms with Gasteiger partial charge >= 0.3 is 0 Å². The van der Waals surface area contributed by atoms with Crippen molar-refractivity contribution in [2.75, 3.05) is 25.1 Å². The van der Waals surface area contributed by atoms with Crippen LogP contribution in [0, 0.1) is 20.8 Å². The van der Waals surface area contributed by atoms with Gasteiger partial charge in [-0.05, 0) is 86.2 Å². The van der Waals surface area contributed by atoms with Crippen molar-refractivity contribution >= 4 is 27.5 Å². The molecule has 0 aromatic heterocycles. The average Bonchev–Trinajstić information content (AvgIpc) is 3.08. The van der Waals surface area contributed by atoms with E-state index < -0.39 is 28.5 Å². The molecule has 10 heteroatoms. The number of methoxy groups -OCH3 is 2. The highest BCUT2D eigenvalue weighted by Gasteiger charge is 2.35. The van der Waals surface area contributed by atoms with Crippen LogP contribution in [-0.2, 0) is 32.6 Å². The van der Waals surface area contributed by atoms with E-state index in [0.717, 1.165) is 32.1 Å². The van der Waals surface area contributed by atoms with Gasteiger partial charge in [-0.15, -0.1) is 0 Å². The number of carbonyl (C=O) groups excluding carboxylic acids is 2. The Hall–Kier alpha value is -4.83. The number of rotatable bonds is 15. The number of anilines is 1. The zero-order valence-electron chi connectivity index (χ0n) is 29.4. The molecule has 0 saturated carbocycles. The van der Waals surface area contributed by atoms with Crippen LogP contribution in [0.3, 0.4) is 0 Å². The van der Waals surface area contributed by atoms with Gasteiger partial charge in [0, 0.05) is 25.1 Å². The van der Waals surface area contributed by atoms with Crippen LogP contribution in [-0.4, -0.2) is 58.0 Å². The second-order valence-corrected chi connectivity index (χ2v) is 14.2. The second kappa shape index (κ2) is 16.5. The summed E-state index contributed by atoms with van der Waals surface area (Å²) in [5.74, 6) is -0.218. The number of hydrogen-bond donors (Lipinski definition) is 1. The minimum Gasteiger partial charge on any atom is -0.493 e. The molecule has 260 valence electrons. The molecule has 0 spiro atoms. The molecular weight excluding hydrogens is 639 g/mol. The lowest BCUT2D eigenvalue weighted by atomic mass is 10.0. The standard InChI is InChI=1S/C39H47N3O6S/c1-8-30(5)40-39(44)35(23-31-15-10-9-11-16-31)41(25-32-17-13-12-14-29(32)4)38(43)26-42(33-21-27(2)20-28(3)22-33)49(45,46)34-18-19-36(47-6)37(24-34)48-7/h9-22,24,30,35H,8,23,25-26H2,1-7H3,(H,40,44)/t30-,35-/m1/s1. The van der Waals surface area contributed by atoms with Crippen molar-refractivity contribution in [2.45, 2.75) is 71.0 Å². The zero-order chi connectivity index (χ0) is 35.7. The molecule has 49 heavy (non-hydrogen) atoms. The zero-order valence-corrected chi connectivity index (χ0v) is 30.2. The number of sulfonamides is 1. The molecule has 2 amide bonds. The maximum Gasteiger partial charge on any atom is 0.264 e. The summed E-state index contributed by atoms with van der Waals surface area (Å²) in [6.07, 6.45) is 0.951. The number of nitrogens with zero attached hydrogens (tertiary/aromatic N) is 2. The topological polar surface area (TPSA) is 105 Å². The Balaban J connectivity index is 1.87. The van der Waals surface area contributed by atoms with Crippen molar-refractivity contribution in [3.63, 3.8) is 0 Å². The lowest BCUT2D eigenvalue weighted by Gasteiger charge is -2.34. The van der Waals surface area contributed by atoms with Crippen LogP contribution < -0.4 is 19.1 Å². The summed E-state index contributed by atoms with van der Waals surface area (Å²) >= 11 is 0. The predicted molar refractivity (Wildman–Crippen MR) is 194 cm³/mol. The lowest BCUT2D eigenvalue weighted by molar-refractivity contribution is -0.140. The summed E-state index contributed by atoms with van der Waals surface area (Å²) in [5, 5.41) is 3.07. The summed E-state index contributed by atoms with van der Waals surface area (Å²) in [7, 11) is -1.43. The first-order valence-electron chi connectivity index (χ1n) is 16.4. The number of amides is 2. The summed E-state index contributed by atoms with van der Waals surface area (Å²) in [4.78, 5) is 30.3. The van der Waals surface area contributed by atoms with Crippen molar-refractivity contribution in [1.29, 1.82) is 0 Å². The van der Waals surface area contributed by atoms with Crippen molar-refractivity contribution in [3.8, 4) is 11.5 Å². The Morgan fingerprint density at radius 3 is 2.06 bits per heavy atom. The number of aryl methyl sites for hydroxylation is 3. The molecule has 0 radical (unpaired) electrons. The smallest absolute Gasteiger partial charge is 0.264 e. The number of nitrogens with one attached hydrogen (secondary N) is 1. The molecule has 0 fully saturated rings. The molecular formula is C39H47N3O6S. The van der Waals surface area contributed by atoms with Gasteiger partial charge in [0.2, 0.25) is 11.8 Å². The van der Waals surface area contributed by atoms with E-state index in [2.05, 4.69) is 5.32 Å². The van der Waals surface area contributed by atoms with Gasteiger partial charge in [-0.3, -0.25) is 13.9 Å². The van der Waals surface area contributed by atoms with E-state index in [1.165, 1.54) is 37.3 Å². The fraction of sp³-hybridized carbons (Fsp3) is 0.333. The van der Waals surface area contributed by atoms with E-state index in [-0.39, 0.29) is 35.6 Å². The van der Waals surface area contributed by atoms with E-state index in [0.29, 0.717) is 17.9 Å². The van der Waals surface area contributed by atoms with Crippen LogP contribution >= 0.6 is 0 Å². The average molecular weight is 686 g/mol. The Kier molecular flexibility index (Phi) is 12.5. The molecule has 0 aliphatic rings. The van der Waals surface area contributed by atoms with Crippen LogP contribution in [0.4, 0.5) is 5.69 Å². The van der Waals surface area contributed by atoms with E-state index in [4.69, 9.17) is 9.47 Å². The van der Waals surface area contributed by atoms with Crippen molar-refractivity contribution < 1.29 is 27.5 Å². The summed E-state index contributed by atoms with van der Waals surface area (Å²) in [6.45, 7) is 9.16. The molecule has 4 rings (SSSR count). The maximum atomic E-state index is 14.8. The van der Waals surface area contributed by atoms with Gasteiger partial charge in [-0.1, -0.05) is 67.6 Å². The van der Waals surface area contributed by atoms with Gasteiger partial charge in [-0.25, -0.2) is 8.42 Å². The molecule has 0 bridgehead atoms.